The normalized spacial score (nSPS) is 11.5. The van der Waals surface area contributed by atoms with Gasteiger partial charge in [-0.25, -0.2) is 0 Å². The number of alkyl halides is 3. The van der Waals surface area contributed by atoms with Gasteiger partial charge in [0, 0.05) is 0 Å². The van der Waals surface area contributed by atoms with E-state index in [0.717, 1.165) is 12.0 Å². The van der Waals surface area contributed by atoms with Gasteiger partial charge >= 0.3 is 6.36 Å². The summed E-state index contributed by atoms with van der Waals surface area (Å²) in [5.41, 5.74) is 1.36. The molecular formula is C11H13F3O. The summed E-state index contributed by atoms with van der Waals surface area (Å²) >= 11 is 0. The molecule has 1 aromatic carbocycles. The lowest BCUT2D eigenvalue weighted by atomic mass is 10.1. The van der Waals surface area contributed by atoms with Crippen molar-refractivity contribution in [3.05, 3.63) is 29.3 Å². The van der Waals surface area contributed by atoms with Gasteiger partial charge in [0.1, 0.15) is 5.75 Å². The zero-order valence-electron chi connectivity index (χ0n) is 8.69. The third-order valence-corrected chi connectivity index (χ3v) is 1.97. The molecule has 0 saturated heterocycles. The summed E-state index contributed by atoms with van der Waals surface area (Å²) in [5, 5.41) is 0. The number of halogens is 3. The number of aryl methyl sites for hydroxylation is 2. The molecular weight excluding hydrogens is 205 g/mol. The maximum atomic E-state index is 12.1. The van der Waals surface area contributed by atoms with E-state index in [1.165, 1.54) is 6.07 Å². The highest BCUT2D eigenvalue weighted by Gasteiger charge is 2.31. The van der Waals surface area contributed by atoms with Crippen molar-refractivity contribution in [2.24, 2.45) is 0 Å². The zero-order valence-corrected chi connectivity index (χ0v) is 8.69. The maximum Gasteiger partial charge on any atom is 0.573 e. The summed E-state index contributed by atoms with van der Waals surface area (Å²) in [4.78, 5) is 0. The largest absolute Gasteiger partial charge is 0.573 e. The van der Waals surface area contributed by atoms with E-state index in [-0.39, 0.29) is 5.75 Å². The van der Waals surface area contributed by atoms with Crippen molar-refractivity contribution < 1.29 is 17.9 Å². The van der Waals surface area contributed by atoms with Crippen molar-refractivity contribution in [2.75, 3.05) is 0 Å². The lowest BCUT2D eigenvalue weighted by Crippen LogP contribution is -2.18. The standard InChI is InChI=1S/C11H13F3O/c1-3-4-9-6-5-8(2)7-10(9)15-11(12,13)14/h5-7H,3-4H2,1-2H3. The molecule has 0 bridgehead atoms. The van der Waals surface area contributed by atoms with Crippen molar-refractivity contribution >= 4 is 0 Å². The van der Waals surface area contributed by atoms with Crippen LogP contribution in [0.15, 0.2) is 18.2 Å². The Morgan fingerprint density at radius 3 is 2.47 bits per heavy atom. The van der Waals surface area contributed by atoms with Crippen LogP contribution in [0.1, 0.15) is 24.5 Å². The van der Waals surface area contributed by atoms with Gasteiger partial charge < -0.3 is 4.74 Å². The molecule has 0 unspecified atom stereocenters. The number of ether oxygens (including phenoxy) is 1. The Bertz CT molecular complexity index is 331. The predicted octanol–water partition coefficient (Wildman–Crippen LogP) is 3.85. The lowest BCUT2D eigenvalue weighted by Gasteiger charge is -2.13. The van der Waals surface area contributed by atoms with Gasteiger partial charge in [0.15, 0.2) is 0 Å². The average Bonchev–Trinajstić information content (AvgIpc) is 2.07. The third-order valence-electron chi connectivity index (χ3n) is 1.97. The topological polar surface area (TPSA) is 9.23 Å². The Balaban J connectivity index is 2.96. The molecule has 1 nitrogen and oxygen atoms in total. The fourth-order valence-corrected chi connectivity index (χ4v) is 1.36. The summed E-state index contributed by atoms with van der Waals surface area (Å²) in [6.07, 6.45) is -3.24. The van der Waals surface area contributed by atoms with Gasteiger partial charge in [0.2, 0.25) is 0 Å². The van der Waals surface area contributed by atoms with Crippen LogP contribution in [0.4, 0.5) is 13.2 Å². The van der Waals surface area contributed by atoms with E-state index in [1.807, 2.05) is 6.92 Å². The summed E-state index contributed by atoms with van der Waals surface area (Å²) in [5.74, 6) is -0.0793. The summed E-state index contributed by atoms with van der Waals surface area (Å²) in [7, 11) is 0. The molecule has 1 aromatic rings. The molecule has 0 heterocycles. The third kappa shape index (κ3) is 3.81. The van der Waals surface area contributed by atoms with E-state index in [4.69, 9.17) is 0 Å². The first-order valence-corrected chi connectivity index (χ1v) is 4.77. The van der Waals surface area contributed by atoms with Gasteiger partial charge in [-0.05, 0) is 30.5 Å². The highest BCUT2D eigenvalue weighted by atomic mass is 19.4. The first-order valence-electron chi connectivity index (χ1n) is 4.77. The van der Waals surface area contributed by atoms with Gasteiger partial charge in [-0.2, -0.15) is 0 Å². The highest BCUT2D eigenvalue weighted by Crippen LogP contribution is 2.28. The van der Waals surface area contributed by atoms with Gasteiger partial charge in [0.25, 0.3) is 0 Å². The monoisotopic (exact) mass is 218 g/mol. The molecule has 0 aliphatic carbocycles. The maximum absolute atomic E-state index is 12.1. The van der Waals surface area contributed by atoms with Gasteiger partial charge in [-0.15, -0.1) is 13.2 Å². The van der Waals surface area contributed by atoms with Crippen LogP contribution in [0.2, 0.25) is 0 Å². The molecule has 0 spiro atoms. The van der Waals surface area contributed by atoms with Crippen LogP contribution < -0.4 is 4.74 Å². The molecule has 0 aliphatic heterocycles. The fraction of sp³-hybridized carbons (Fsp3) is 0.455. The van der Waals surface area contributed by atoms with Crippen molar-refractivity contribution in [1.29, 1.82) is 0 Å². The second kappa shape index (κ2) is 4.55. The van der Waals surface area contributed by atoms with E-state index >= 15 is 0 Å². The van der Waals surface area contributed by atoms with Crippen molar-refractivity contribution in [3.63, 3.8) is 0 Å². The molecule has 84 valence electrons. The Labute approximate surface area is 86.9 Å². The van der Waals surface area contributed by atoms with Crippen LogP contribution in [0.3, 0.4) is 0 Å². The summed E-state index contributed by atoms with van der Waals surface area (Å²) in [6.45, 7) is 3.65. The SMILES string of the molecule is CCCc1ccc(C)cc1OC(F)(F)F. The average molecular weight is 218 g/mol. The molecule has 0 atom stereocenters. The van der Waals surface area contributed by atoms with Gasteiger partial charge in [0.05, 0.1) is 0 Å². The summed E-state index contributed by atoms with van der Waals surface area (Å²) in [6, 6.07) is 4.88. The molecule has 0 N–H and O–H groups in total. The molecule has 4 heteroatoms. The highest BCUT2D eigenvalue weighted by molar-refractivity contribution is 5.37. The number of hydrogen-bond acceptors (Lipinski definition) is 1. The van der Waals surface area contributed by atoms with Crippen molar-refractivity contribution in [2.45, 2.75) is 33.1 Å². The van der Waals surface area contributed by atoms with Crippen LogP contribution in [0.5, 0.6) is 5.75 Å². The summed E-state index contributed by atoms with van der Waals surface area (Å²) < 4.78 is 40.2. The number of hydrogen-bond donors (Lipinski definition) is 0. The van der Waals surface area contributed by atoms with Crippen LogP contribution in [-0.4, -0.2) is 6.36 Å². The Morgan fingerprint density at radius 2 is 1.93 bits per heavy atom. The van der Waals surface area contributed by atoms with E-state index < -0.39 is 6.36 Å². The Hall–Kier alpha value is -1.19. The van der Waals surface area contributed by atoms with Crippen molar-refractivity contribution in [1.82, 2.24) is 0 Å². The first-order chi connectivity index (χ1) is 6.92. The Morgan fingerprint density at radius 1 is 1.27 bits per heavy atom. The molecule has 0 aromatic heterocycles. The van der Waals surface area contributed by atoms with Crippen LogP contribution in [0, 0.1) is 6.92 Å². The van der Waals surface area contributed by atoms with E-state index in [1.54, 1.807) is 19.1 Å². The second-order valence-corrected chi connectivity index (χ2v) is 3.41. The van der Waals surface area contributed by atoms with Crippen LogP contribution in [-0.2, 0) is 6.42 Å². The molecule has 1 rings (SSSR count). The minimum Gasteiger partial charge on any atom is -0.405 e. The zero-order chi connectivity index (χ0) is 11.5. The molecule has 0 radical (unpaired) electrons. The van der Waals surface area contributed by atoms with Crippen LogP contribution in [0.25, 0.3) is 0 Å². The number of rotatable bonds is 3. The van der Waals surface area contributed by atoms with Crippen LogP contribution >= 0.6 is 0 Å². The molecule has 0 saturated carbocycles. The minimum atomic E-state index is -4.61. The van der Waals surface area contributed by atoms with E-state index in [2.05, 4.69) is 4.74 Å². The molecule has 0 amide bonds. The molecule has 15 heavy (non-hydrogen) atoms. The first kappa shape index (κ1) is 11.9. The fourth-order valence-electron chi connectivity index (χ4n) is 1.36. The van der Waals surface area contributed by atoms with Crippen molar-refractivity contribution in [3.8, 4) is 5.75 Å². The minimum absolute atomic E-state index is 0.0793. The van der Waals surface area contributed by atoms with Gasteiger partial charge in [-0.3, -0.25) is 0 Å². The molecule has 0 aliphatic rings. The smallest absolute Gasteiger partial charge is 0.405 e. The number of benzene rings is 1. The Kier molecular flexibility index (Phi) is 3.61. The lowest BCUT2D eigenvalue weighted by molar-refractivity contribution is -0.274. The predicted molar refractivity (Wildman–Crippen MR) is 51.9 cm³/mol. The second-order valence-electron chi connectivity index (χ2n) is 3.41. The van der Waals surface area contributed by atoms with E-state index in [0.29, 0.717) is 12.0 Å². The molecule has 0 fully saturated rings. The van der Waals surface area contributed by atoms with E-state index in [9.17, 15) is 13.2 Å². The quantitative estimate of drug-likeness (QED) is 0.748. The van der Waals surface area contributed by atoms with Gasteiger partial charge in [-0.1, -0.05) is 25.5 Å².